The molecule has 1 aromatic heterocycles. The van der Waals surface area contributed by atoms with Crippen LogP contribution in [0, 0.1) is 30.9 Å². The first-order valence-corrected chi connectivity index (χ1v) is 8.66. The molecule has 0 unspecified atom stereocenters. The third kappa shape index (κ3) is 4.35. The van der Waals surface area contributed by atoms with Gasteiger partial charge in [0.15, 0.2) is 0 Å². The van der Waals surface area contributed by atoms with E-state index in [1.807, 2.05) is 31.2 Å². The van der Waals surface area contributed by atoms with Crippen LogP contribution in [-0.2, 0) is 11.3 Å². The summed E-state index contributed by atoms with van der Waals surface area (Å²) in [5.74, 6) is 1.06. The van der Waals surface area contributed by atoms with E-state index >= 15 is 0 Å². The molecule has 0 aliphatic heterocycles. The van der Waals surface area contributed by atoms with Crippen LogP contribution in [0.1, 0.15) is 17.0 Å². The molecule has 0 bridgehead atoms. The summed E-state index contributed by atoms with van der Waals surface area (Å²) in [6.45, 7) is 5.00. The maximum atomic E-state index is 12.3. The van der Waals surface area contributed by atoms with E-state index in [4.69, 9.17) is 4.74 Å². The first-order chi connectivity index (χ1) is 13.3. The number of anilines is 1. The predicted molar refractivity (Wildman–Crippen MR) is 105 cm³/mol. The Bertz CT molecular complexity index is 1030. The highest BCUT2D eigenvalue weighted by Crippen LogP contribution is 2.24. The molecule has 1 heterocycles. The number of benzene rings is 2. The summed E-state index contributed by atoms with van der Waals surface area (Å²) in [6.07, 6.45) is 0. The van der Waals surface area contributed by atoms with Crippen molar-refractivity contribution >= 4 is 17.3 Å². The van der Waals surface area contributed by atoms with Gasteiger partial charge in [-0.25, -0.2) is 0 Å². The summed E-state index contributed by atoms with van der Waals surface area (Å²) in [5.41, 5.74) is 2.27. The standard InChI is InChI=1S/C20H20N4O4/c1-13-5-4-6-18(11-13)28-17-9-7-16(8-10-17)21-19(25)12-23-15(3)20(24(26)27)14(2)22-23/h4-11H,12H2,1-3H3,(H,21,25). The molecule has 3 rings (SSSR count). The van der Waals surface area contributed by atoms with E-state index in [0.717, 1.165) is 11.3 Å². The van der Waals surface area contributed by atoms with Gasteiger partial charge in [-0.15, -0.1) is 0 Å². The number of carbonyl (C=O) groups excluding carboxylic acids is 1. The van der Waals surface area contributed by atoms with E-state index < -0.39 is 4.92 Å². The number of aromatic nitrogens is 2. The Labute approximate surface area is 161 Å². The van der Waals surface area contributed by atoms with Gasteiger partial charge in [-0.2, -0.15) is 5.10 Å². The molecule has 0 atom stereocenters. The molecule has 0 radical (unpaired) electrons. The van der Waals surface area contributed by atoms with Gasteiger partial charge in [0.05, 0.1) is 4.92 Å². The van der Waals surface area contributed by atoms with Gasteiger partial charge >= 0.3 is 5.69 Å². The number of carbonyl (C=O) groups is 1. The zero-order chi connectivity index (χ0) is 20.3. The molecular formula is C20H20N4O4. The molecule has 3 aromatic rings. The van der Waals surface area contributed by atoms with Crippen molar-refractivity contribution < 1.29 is 14.5 Å². The lowest BCUT2D eigenvalue weighted by Gasteiger charge is -2.09. The van der Waals surface area contributed by atoms with E-state index in [1.54, 1.807) is 38.1 Å². The van der Waals surface area contributed by atoms with Crippen LogP contribution in [0.15, 0.2) is 48.5 Å². The number of nitro groups is 1. The number of nitrogens with zero attached hydrogens (tertiary/aromatic N) is 3. The summed E-state index contributed by atoms with van der Waals surface area (Å²) in [5, 5.41) is 17.9. The second-order valence-corrected chi connectivity index (χ2v) is 6.43. The lowest BCUT2D eigenvalue weighted by Crippen LogP contribution is -2.20. The monoisotopic (exact) mass is 380 g/mol. The van der Waals surface area contributed by atoms with Crippen molar-refractivity contribution in [3.63, 3.8) is 0 Å². The second-order valence-electron chi connectivity index (χ2n) is 6.43. The van der Waals surface area contributed by atoms with Crippen LogP contribution < -0.4 is 10.1 Å². The van der Waals surface area contributed by atoms with Gasteiger partial charge in [-0.1, -0.05) is 12.1 Å². The highest BCUT2D eigenvalue weighted by Gasteiger charge is 2.22. The van der Waals surface area contributed by atoms with Crippen molar-refractivity contribution in [1.29, 1.82) is 0 Å². The molecule has 0 fully saturated rings. The van der Waals surface area contributed by atoms with Crippen LogP contribution in [0.4, 0.5) is 11.4 Å². The lowest BCUT2D eigenvalue weighted by molar-refractivity contribution is -0.386. The topological polar surface area (TPSA) is 99.3 Å². The number of aryl methyl sites for hydroxylation is 2. The van der Waals surface area contributed by atoms with Crippen LogP contribution in [0.5, 0.6) is 11.5 Å². The Balaban J connectivity index is 1.63. The molecule has 0 saturated heterocycles. The fraction of sp³-hybridized carbons (Fsp3) is 0.200. The van der Waals surface area contributed by atoms with E-state index in [1.165, 1.54) is 4.68 Å². The molecule has 8 heteroatoms. The van der Waals surface area contributed by atoms with Crippen LogP contribution in [0.3, 0.4) is 0 Å². The summed E-state index contributed by atoms with van der Waals surface area (Å²) in [6, 6.07) is 14.7. The van der Waals surface area contributed by atoms with Crippen LogP contribution in [-0.4, -0.2) is 20.6 Å². The number of ether oxygens (including phenoxy) is 1. The van der Waals surface area contributed by atoms with Crippen molar-refractivity contribution in [3.8, 4) is 11.5 Å². The Morgan fingerprint density at radius 1 is 1.14 bits per heavy atom. The van der Waals surface area contributed by atoms with Gasteiger partial charge in [0, 0.05) is 5.69 Å². The molecule has 0 spiro atoms. The fourth-order valence-electron chi connectivity index (χ4n) is 2.86. The molecular weight excluding hydrogens is 360 g/mol. The zero-order valence-electron chi connectivity index (χ0n) is 15.8. The molecule has 0 aliphatic rings. The summed E-state index contributed by atoms with van der Waals surface area (Å²) in [4.78, 5) is 22.8. The highest BCUT2D eigenvalue weighted by atomic mass is 16.6. The molecule has 144 valence electrons. The van der Waals surface area contributed by atoms with Crippen molar-refractivity contribution in [2.75, 3.05) is 5.32 Å². The normalized spacial score (nSPS) is 10.5. The first kappa shape index (κ1) is 19.1. The molecule has 1 N–H and O–H groups in total. The zero-order valence-corrected chi connectivity index (χ0v) is 15.8. The molecule has 2 aromatic carbocycles. The van der Waals surface area contributed by atoms with Crippen molar-refractivity contribution in [1.82, 2.24) is 9.78 Å². The molecule has 28 heavy (non-hydrogen) atoms. The fourth-order valence-corrected chi connectivity index (χ4v) is 2.86. The summed E-state index contributed by atoms with van der Waals surface area (Å²) >= 11 is 0. The maximum absolute atomic E-state index is 12.3. The summed E-state index contributed by atoms with van der Waals surface area (Å²) in [7, 11) is 0. The Kier molecular flexibility index (Phi) is 5.39. The van der Waals surface area contributed by atoms with E-state index in [0.29, 0.717) is 17.1 Å². The Hall–Kier alpha value is -3.68. The maximum Gasteiger partial charge on any atom is 0.312 e. The van der Waals surface area contributed by atoms with Crippen molar-refractivity contribution in [3.05, 3.63) is 75.6 Å². The van der Waals surface area contributed by atoms with Gasteiger partial charge in [-0.05, 0) is 62.7 Å². The minimum Gasteiger partial charge on any atom is -0.457 e. The largest absolute Gasteiger partial charge is 0.457 e. The highest BCUT2D eigenvalue weighted by molar-refractivity contribution is 5.90. The lowest BCUT2D eigenvalue weighted by atomic mass is 10.2. The van der Waals surface area contributed by atoms with Crippen LogP contribution in [0.2, 0.25) is 0 Å². The average molecular weight is 380 g/mol. The predicted octanol–water partition coefficient (Wildman–Crippen LogP) is 4.15. The quantitative estimate of drug-likeness (QED) is 0.512. The number of rotatable bonds is 6. The average Bonchev–Trinajstić information content (AvgIpc) is 2.90. The smallest absolute Gasteiger partial charge is 0.312 e. The Morgan fingerprint density at radius 2 is 1.86 bits per heavy atom. The third-order valence-electron chi connectivity index (χ3n) is 4.18. The molecule has 8 nitrogen and oxygen atoms in total. The minimum absolute atomic E-state index is 0.0644. The molecule has 0 aliphatic carbocycles. The molecule has 0 saturated carbocycles. The van der Waals surface area contributed by atoms with Crippen molar-refractivity contribution in [2.45, 2.75) is 27.3 Å². The number of amides is 1. The van der Waals surface area contributed by atoms with E-state index in [-0.39, 0.29) is 23.8 Å². The van der Waals surface area contributed by atoms with Crippen LogP contribution >= 0.6 is 0 Å². The van der Waals surface area contributed by atoms with E-state index in [2.05, 4.69) is 10.4 Å². The number of hydrogen-bond acceptors (Lipinski definition) is 5. The van der Waals surface area contributed by atoms with E-state index in [9.17, 15) is 14.9 Å². The second kappa shape index (κ2) is 7.91. The number of nitrogens with one attached hydrogen (secondary N) is 1. The van der Waals surface area contributed by atoms with Gasteiger partial charge in [0.1, 0.15) is 29.4 Å². The van der Waals surface area contributed by atoms with Gasteiger partial charge in [0.25, 0.3) is 0 Å². The number of hydrogen-bond donors (Lipinski definition) is 1. The van der Waals surface area contributed by atoms with Crippen molar-refractivity contribution in [2.24, 2.45) is 0 Å². The van der Waals surface area contributed by atoms with Gasteiger partial charge < -0.3 is 10.1 Å². The van der Waals surface area contributed by atoms with Crippen LogP contribution in [0.25, 0.3) is 0 Å². The summed E-state index contributed by atoms with van der Waals surface area (Å²) < 4.78 is 7.11. The van der Waals surface area contributed by atoms with Gasteiger partial charge in [-0.3, -0.25) is 19.6 Å². The first-order valence-electron chi connectivity index (χ1n) is 8.66. The molecule has 1 amide bonds. The SMILES string of the molecule is Cc1cccc(Oc2ccc(NC(=O)Cn3nc(C)c([N+](=O)[O-])c3C)cc2)c1. The van der Waals surface area contributed by atoms with Gasteiger partial charge in [0.2, 0.25) is 5.91 Å². The third-order valence-corrected chi connectivity index (χ3v) is 4.18. The Morgan fingerprint density at radius 3 is 2.46 bits per heavy atom. The minimum atomic E-state index is -0.487.